The zero-order valence-corrected chi connectivity index (χ0v) is 12.9. The summed E-state index contributed by atoms with van der Waals surface area (Å²) in [5, 5.41) is 0. The van der Waals surface area contributed by atoms with Crippen LogP contribution < -0.4 is 0 Å². The Kier molecular flexibility index (Phi) is 5.34. The van der Waals surface area contributed by atoms with Gasteiger partial charge in [0.05, 0.1) is 0 Å². The van der Waals surface area contributed by atoms with E-state index in [2.05, 4.69) is 56.4 Å². The molecule has 0 fully saturated rings. The molecule has 0 heterocycles. The average Bonchev–Trinajstić information content (AvgIpc) is 2.14. The zero-order valence-electron chi connectivity index (χ0n) is 9.84. The Morgan fingerprint density at radius 1 is 1.36 bits per heavy atom. The fraction of sp³-hybridized carbons (Fsp3) is 0.900. The van der Waals surface area contributed by atoms with Crippen molar-refractivity contribution in [3.63, 3.8) is 0 Å². The molecule has 0 aliphatic carbocycles. The third-order valence-electron chi connectivity index (χ3n) is 2.68. The van der Waals surface area contributed by atoms with Gasteiger partial charge in [0, 0.05) is 0 Å². The molecular formula is C10H22IO2P. The first kappa shape index (κ1) is 14.6. The van der Waals surface area contributed by atoms with Gasteiger partial charge in [-0.2, -0.15) is 0 Å². The Bertz CT molecular complexity index is 206. The van der Waals surface area contributed by atoms with Gasteiger partial charge in [-0.3, -0.25) is 0 Å². The van der Waals surface area contributed by atoms with Crippen LogP contribution in [0, 0.1) is 5.92 Å². The molecule has 0 amide bonds. The van der Waals surface area contributed by atoms with E-state index < -0.39 is 4.25 Å². The normalized spacial score (nSPS) is 14.9. The van der Waals surface area contributed by atoms with Crippen LogP contribution in [0.15, 0.2) is 0 Å². The SMILES string of the molecule is CCP(C)(I)(CC)C(=O)OCC(C)C. The van der Waals surface area contributed by atoms with Crippen molar-refractivity contribution in [3.05, 3.63) is 0 Å². The summed E-state index contributed by atoms with van der Waals surface area (Å²) in [4.78, 5) is 12.0. The number of hydrogen-bond donors (Lipinski definition) is 0. The van der Waals surface area contributed by atoms with Gasteiger partial charge in [0.25, 0.3) is 0 Å². The van der Waals surface area contributed by atoms with E-state index in [1.54, 1.807) is 0 Å². The summed E-state index contributed by atoms with van der Waals surface area (Å²) < 4.78 is 3.14. The molecule has 14 heavy (non-hydrogen) atoms. The standard InChI is InChI=1S/C10H22IO2P/c1-6-14(5,11,7-2)10(12)13-8-9(3)4/h9H,6-8H2,1-5H3. The van der Waals surface area contributed by atoms with Gasteiger partial charge in [0.1, 0.15) is 0 Å². The van der Waals surface area contributed by atoms with Crippen molar-refractivity contribution in [2.24, 2.45) is 5.92 Å². The molecule has 0 aromatic carbocycles. The third-order valence-corrected chi connectivity index (χ3v) is 12.4. The van der Waals surface area contributed by atoms with Crippen LogP contribution in [0.1, 0.15) is 27.7 Å². The van der Waals surface area contributed by atoms with Crippen molar-refractivity contribution in [2.45, 2.75) is 27.7 Å². The molecule has 0 saturated heterocycles. The van der Waals surface area contributed by atoms with Crippen molar-refractivity contribution in [1.82, 2.24) is 0 Å². The van der Waals surface area contributed by atoms with Crippen LogP contribution in [0.5, 0.6) is 0 Å². The van der Waals surface area contributed by atoms with Gasteiger partial charge in [0.15, 0.2) is 0 Å². The average molecular weight is 332 g/mol. The summed E-state index contributed by atoms with van der Waals surface area (Å²) in [6, 6.07) is 0. The molecule has 0 N–H and O–H groups in total. The molecule has 0 aliphatic rings. The van der Waals surface area contributed by atoms with Crippen molar-refractivity contribution < 1.29 is 9.53 Å². The maximum atomic E-state index is 12.0. The van der Waals surface area contributed by atoms with Crippen molar-refractivity contribution in [3.8, 4) is 0 Å². The molecule has 0 bridgehead atoms. The molecule has 86 valence electrons. The molecule has 0 atom stereocenters. The number of hydrogen-bond acceptors (Lipinski definition) is 2. The van der Waals surface area contributed by atoms with Gasteiger partial charge < -0.3 is 0 Å². The second-order valence-corrected chi connectivity index (χ2v) is 18.3. The first-order chi connectivity index (χ1) is 6.25. The van der Waals surface area contributed by atoms with Crippen LogP contribution in [0.25, 0.3) is 0 Å². The van der Waals surface area contributed by atoms with E-state index in [4.69, 9.17) is 4.74 Å². The van der Waals surface area contributed by atoms with E-state index in [-0.39, 0.29) is 5.71 Å². The summed E-state index contributed by atoms with van der Waals surface area (Å²) in [5.74, 6) is 0.421. The van der Waals surface area contributed by atoms with E-state index in [1.165, 1.54) is 0 Å². The van der Waals surface area contributed by atoms with E-state index >= 15 is 0 Å². The molecule has 4 heteroatoms. The minimum absolute atomic E-state index is 0.0512. The summed E-state index contributed by atoms with van der Waals surface area (Å²) in [6.07, 6.45) is 1.86. The molecule has 0 radical (unpaired) electrons. The molecule has 0 spiro atoms. The van der Waals surface area contributed by atoms with Gasteiger partial charge >= 0.3 is 101 Å². The van der Waals surface area contributed by atoms with Crippen molar-refractivity contribution in [2.75, 3.05) is 25.6 Å². The van der Waals surface area contributed by atoms with Crippen LogP contribution in [-0.4, -0.2) is 31.3 Å². The number of ether oxygens (including phenoxy) is 1. The van der Waals surface area contributed by atoms with Gasteiger partial charge in [-0.15, -0.1) is 0 Å². The fourth-order valence-corrected chi connectivity index (χ4v) is 2.72. The van der Waals surface area contributed by atoms with Crippen LogP contribution in [0.3, 0.4) is 0 Å². The second-order valence-electron chi connectivity index (χ2n) is 4.49. The van der Waals surface area contributed by atoms with Gasteiger partial charge in [-0.05, 0) is 0 Å². The van der Waals surface area contributed by atoms with Crippen LogP contribution in [0.4, 0.5) is 4.79 Å². The minimum atomic E-state index is -2.23. The summed E-state index contributed by atoms with van der Waals surface area (Å²) in [5.41, 5.74) is 0.0512. The first-order valence-corrected chi connectivity index (χ1v) is 11.0. The number of rotatable bonds is 5. The van der Waals surface area contributed by atoms with E-state index in [0.717, 1.165) is 12.3 Å². The molecule has 0 saturated carbocycles. The summed E-state index contributed by atoms with van der Waals surface area (Å²) in [6.45, 7) is 10.9. The monoisotopic (exact) mass is 332 g/mol. The zero-order chi connectivity index (χ0) is 11.4. The van der Waals surface area contributed by atoms with Crippen molar-refractivity contribution in [1.29, 1.82) is 0 Å². The van der Waals surface area contributed by atoms with Crippen LogP contribution in [0.2, 0.25) is 0 Å². The Morgan fingerprint density at radius 3 is 2.07 bits per heavy atom. The van der Waals surface area contributed by atoms with Crippen molar-refractivity contribution >= 4 is 32.0 Å². The second kappa shape index (κ2) is 5.11. The van der Waals surface area contributed by atoms with Crippen LogP contribution >= 0.6 is 26.3 Å². The molecule has 0 aliphatic heterocycles. The first-order valence-electron chi connectivity index (χ1n) is 5.15. The molecule has 2 nitrogen and oxygen atoms in total. The third kappa shape index (κ3) is 3.65. The predicted octanol–water partition coefficient (Wildman–Crippen LogP) is 4.35. The Hall–Kier alpha value is 0.630. The van der Waals surface area contributed by atoms with E-state index in [0.29, 0.717) is 12.5 Å². The van der Waals surface area contributed by atoms with E-state index in [1.807, 2.05) is 0 Å². The van der Waals surface area contributed by atoms with Crippen LogP contribution in [-0.2, 0) is 4.74 Å². The molecular weight excluding hydrogens is 310 g/mol. The topological polar surface area (TPSA) is 26.3 Å². The maximum absolute atomic E-state index is 12.0. The van der Waals surface area contributed by atoms with Gasteiger partial charge in [-0.25, -0.2) is 0 Å². The molecule has 0 aromatic rings. The molecule has 0 unspecified atom stereocenters. The quantitative estimate of drug-likeness (QED) is 0.553. The van der Waals surface area contributed by atoms with Gasteiger partial charge in [0.2, 0.25) is 0 Å². The Balaban J connectivity index is 4.48. The molecule has 0 rings (SSSR count). The Labute approximate surface area is 101 Å². The predicted molar refractivity (Wildman–Crippen MR) is 74.1 cm³/mol. The number of carbonyl (C=O) groups excluding carboxylic acids is 1. The summed E-state index contributed by atoms with van der Waals surface area (Å²) in [7, 11) is 0. The summed E-state index contributed by atoms with van der Waals surface area (Å²) >= 11 is 2.37. The molecule has 0 aromatic heterocycles. The van der Waals surface area contributed by atoms with E-state index in [9.17, 15) is 4.79 Å². The van der Waals surface area contributed by atoms with Gasteiger partial charge in [-0.1, -0.05) is 0 Å². The number of carbonyl (C=O) groups is 1. The number of halogens is 1. The Morgan fingerprint density at radius 2 is 1.79 bits per heavy atom. The fourth-order valence-electron chi connectivity index (χ4n) is 0.900.